The lowest BCUT2D eigenvalue weighted by atomic mass is 10.2. The molecule has 0 aromatic heterocycles. The summed E-state index contributed by atoms with van der Waals surface area (Å²) in [5.41, 5.74) is 3.89. The number of benzene rings is 2. The molecule has 0 radical (unpaired) electrons. The van der Waals surface area contributed by atoms with Crippen LogP contribution >= 0.6 is 12.2 Å². The quantitative estimate of drug-likeness (QED) is 0.629. The number of carboxylic acid groups (broad SMARTS) is 1. The second kappa shape index (κ2) is 7.86. The van der Waals surface area contributed by atoms with Crippen LogP contribution in [-0.2, 0) is 9.59 Å². The molecule has 0 heterocycles. The molecule has 2 aromatic carbocycles. The molecule has 0 saturated carbocycles. The normalized spacial score (nSPS) is 10.3. The van der Waals surface area contributed by atoms with Crippen molar-refractivity contribution in [1.82, 2.24) is 0 Å². The number of carbonyl (C=O) groups excluding carboxylic acids is 1. The van der Waals surface area contributed by atoms with Crippen molar-refractivity contribution in [1.29, 1.82) is 0 Å². The van der Waals surface area contributed by atoms with Gasteiger partial charge in [0.15, 0.2) is 0 Å². The average Bonchev–Trinajstić information content (AvgIpc) is 2.56. The minimum Gasteiger partial charge on any atom is -0.478 e. The Hall–Kier alpha value is -2.99. The summed E-state index contributed by atoms with van der Waals surface area (Å²) in [5, 5.41) is 11.1. The van der Waals surface area contributed by atoms with Gasteiger partial charge in [-0.05, 0) is 36.4 Å². The summed E-state index contributed by atoms with van der Waals surface area (Å²) in [7, 11) is 0. The highest BCUT2D eigenvalue weighted by Crippen LogP contribution is 2.25. The van der Waals surface area contributed by atoms with Crippen LogP contribution in [0.3, 0.4) is 0 Å². The van der Waals surface area contributed by atoms with Crippen LogP contribution in [0.4, 0.5) is 17.1 Å². The molecule has 2 N–H and O–H groups in total. The van der Waals surface area contributed by atoms with Crippen molar-refractivity contribution < 1.29 is 14.7 Å². The van der Waals surface area contributed by atoms with Crippen molar-refractivity contribution in [3.05, 3.63) is 66.7 Å². The van der Waals surface area contributed by atoms with Crippen LogP contribution in [0.25, 0.3) is 0 Å². The first kappa shape index (κ1) is 16.4. The Morgan fingerprint density at radius 1 is 0.957 bits per heavy atom. The average molecular weight is 326 g/mol. The Morgan fingerprint density at radius 2 is 1.57 bits per heavy atom. The summed E-state index contributed by atoms with van der Waals surface area (Å²) in [6.45, 7) is 0. The van der Waals surface area contributed by atoms with E-state index in [0.29, 0.717) is 5.69 Å². The van der Waals surface area contributed by atoms with Crippen LogP contribution in [0.15, 0.2) is 66.7 Å². The lowest BCUT2D eigenvalue weighted by Gasteiger charge is -2.19. The molecule has 0 bridgehead atoms. The third-order valence-corrected chi connectivity index (χ3v) is 3.14. The maximum atomic E-state index is 11.5. The predicted molar refractivity (Wildman–Crippen MR) is 94.1 cm³/mol. The van der Waals surface area contributed by atoms with Gasteiger partial charge in [-0.2, -0.15) is 0 Å². The Kier molecular flexibility index (Phi) is 5.60. The van der Waals surface area contributed by atoms with E-state index in [-0.39, 0.29) is 0 Å². The van der Waals surface area contributed by atoms with Gasteiger partial charge in [0.1, 0.15) is 0 Å². The van der Waals surface area contributed by atoms with Crippen molar-refractivity contribution in [2.45, 2.75) is 0 Å². The minimum absolute atomic E-state index is 0.505. The number of carbonyl (C=O) groups is 2. The van der Waals surface area contributed by atoms with Crippen LogP contribution in [0, 0.1) is 0 Å². The van der Waals surface area contributed by atoms with Gasteiger partial charge in [0.05, 0.1) is 5.49 Å². The molecule has 2 aromatic rings. The molecule has 0 fully saturated rings. The Morgan fingerprint density at radius 3 is 2.13 bits per heavy atom. The zero-order valence-corrected chi connectivity index (χ0v) is 12.9. The summed E-state index contributed by atoms with van der Waals surface area (Å²) >= 11 is 5.07. The lowest BCUT2D eigenvalue weighted by molar-refractivity contribution is -0.131. The topological polar surface area (TPSA) is 69.6 Å². The fraction of sp³-hybridized carbons (Fsp3) is 0. The van der Waals surface area contributed by atoms with Crippen molar-refractivity contribution in [3.63, 3.8) is 0 Å². The van der Waals surface area contributed by atoms with Crippen molar-refractivity contribution in [3.8, 4) is 0 Å². The number of para-hydroxylation sites is 1. The van der Waals surface area contributed by atoms with Gasteiger partial charge in [-0.1, -0.05) is 30.4 Å². The number of thiocarbonyl (C=S) groups is 1. The summed E-state index contributed by atoms with van der Waals surface area (Å²) in [6, 6.07) is 16.7. The molecular formula is C17H14N2O3S. The van der Waals surface area contributed by atoms with Gasteiger partial charge >= 0.3 is 5.97 Å². The number of hydrogen-bond acceptors (Lipinski definition) is 3. The predicted octanol–water partition coefficient (Wildman–Crippen LogP) is 3.36. The van der Waals surface area contributed by atoms with E-state index < -0.39 is 11.9 Å². The highest BCUT2D eigenvalue weighted by molar-refractivity contribution is 7.79. The number of aliphatic carboxylic acids is 1. The molecule has 0 atom stereocenters. The Balaban J connectivity index is 2.11. The van der Waals surface area contributed by atoms with E-state index in [1.807, 2.05) is 47.4 Å². The molecule has 23 heavy (non-hydrogen) atoms. The molecular weight excluding hydrogens is 312 g/mol. The SMILES string of the molecule is O=C(O)/C=C\C(=O)Nc1ccc(N(C=S)c2ccccc2)cc1. The molecule has 5 nitrogen and oxygen atoms in total. The number of carboxylic acids is 1. The van der Waals surface area contributed by atoms with Crippen molar-refractivity contribution in [2.24, 2.45) is 0 Å². The van der Waals surface area contributed by atoms with Crippen LogP contribution in [0.5, 0.6) is 0 Å². The molecule has 1 amide bonds. The largest absolute Gasteiger partial charge is 0.478 e. The van der Waals surface area contributed by atoms with Crippen molar-refractivity contribution >= 4 is 46.6 Å². The molecule has 0 aliphatic rings. The van der Waals surface area contributed by atoms with Gasteiger partial charge in [-0.25, -0.2) is 4.79 Å². The second-order valence-corrected chi connectivity index (χ2v) is 4.73. The van der Waals surface area contributed by atoms with Crippen LogP contribution in [0.1, 0.15) is 0 Å². The maximum Gasteiger partial charge on any atom is 0.328 e. The van der Waals surface area contributed by atoms with Gasteiger partial charge in [-0.15, -0.1) is 0 Å². The number of rotatable bonds is 6. The number of nitrogens with zero attached hydrogens (tertiary/aromatic N) is 1. The summed E-state index contributed by atoms with van der Waals surface area (Å²) in [5.74, 6) is -1.68. The van der Waals surface area contributed by atoms with E-state index in [4.69, 9.17) is 17.3 Å². The third-order valence-electron chi connectivity index (χ3n) is 2.93. The van der Waals surface area contributed by atoms with Crippen molar-refractivity contribution in [2.75, 3.05) is 10.2 Å². The van der Waals surface area contributed by atoms with E-state index in [9.17, 15) is 9.59 Å². The molecule has 0 spiro atoms. The molecule has 0 aliphatic heterocycles. The van der Waals surface area contributed by atoms with E-state index in [2.05, 4.69) is 5.32 Å². The summed E-state index contributed by atoms with van der Waals surface area (Å²) in [4.78, 5) is 23.7. The minimum atomic E-state index is -1.17. The third kappa shape index (κ3) is 4.76. The Labute approximate surface area is 138 Å². The second-order valence-electron chi connectivity index (χ2n) is 4.52. The van der Waals surface area contributed by atoms with Gasteiger partial charge in [-0.3, -0.25) is 4.79 Å². The van der Waals surface area contributed by atoms with Gasteiger partial charge in [0.2, 0.25) is 5.91 Å². The van der Waals surface area contributed by atoms with E-state index in [0.717, 1.165) is 23.5 Å². The highest BCUT2D eigenvalue weighted by atomic mass is 32.1. The van der Waals surface area contributed by atoms with Gasteiger partial charge < -0.3 is 15.3 Å². The smallest absolute Gasteiger partial charge is 0.328 e. The fourth-order valence-corrected chi connectivity index (χ4v) is 2.14. The first-order valence-electron chi connectivity index (χ1n) is 6.72. The molecule has 6 heteroatoms. The van der Waals surface area contributed by atoms with Crippen LogP contribution in [-0.4, -0.2) is 22.5 Å². The van der Waals surface area contributed by atoms with Crippen LogP contribution in [0.2, 0.25) is 0 Å². The number of anilines is 3. The zero-order valence-electron chi connectivity index (χ0n) is 12.0. The maximum absolute atomic E-state index is 11.5. The molecule has 0 aliphatic carbocycles. The Bertz CT molecular complexity index is 727. The van der Waals surface area contributed by atoms with Crippen LogP contribution < -0.4 is 10.2 Å². The number of hydrogen-bond donors (Lipinski definition) is 2. The molecule has 0 saturated heterocycles. The zero-order chi connectivity index (χ0) is 16.7. The number of amides is 1. The lowest BCUT2D eigenvalue weighted by Crippen LogP contribution is -2.13. The fourth-order valence-electron chi connectivity index (χ4n) is 1.90. The summed E-state index contributed by atoms with van der Waals surface area (Å²) in [6.07, 6.45) is 1.75. The molecule has 116 valence electrons. The monoisotopic (exact) mass is 326 g/mol. The van der Waals surface area contributed by atoms with E-state index >= 15 is 0 Å². The van der Waals surface area contributed by atoms with Gasteiger partial charge in [0, 0.05) is 29.2 Å². The first-order chi connectivity index (χ1) is 11.1. The van der Waals surface area contributed by atoms with E-state index in [1.54, 1.807) is 17.6 Å². The van der Waals surface area contributed by atoms with Gasteiger partial charge in [0.25, 0.3) is 0 Å². The number of nitrogens with one attached hydrogen (secondary N) is 1. The summed E-state index contributed by atoms with van der Waals surface area (Å²) < 4.78 is 0. The molecule has 0 unspecified atom stereocenters. The van der Waals surface area contributed by atoms with E-state index in [1.165, 1.54) is 0 Å². The molecule has 2 rings (SSSR count). The standard InChI is InChI=1S/C17H14N2O3S/c20-16(10-11-17(21)22)18-13-6-8-15(9-7-13)19(12-23)14-4-2-1-3-5-14/h1-12H,(H,18,20)(H,21,22)/b11-10-. The highest BCUT2D eigenvalue weighted by Gasteiger charge is 2.06. The first-order valence-corrected chi connectivity index (χ1v) is 7.19.